The molecule has 0 atom stereocenters. The molecule has 0 unspecified atom stereocenters. The number of nitrogens with zero attached hydrogens (tertiary/aromatic N) is 3. The SMILES string of the molecule is CC(=O)N1CCc2cc(NC(=O)c3ccc(Cn4cccn4)o3)ccc21. The zero-order valence-corrected chi connectivity index (χ0v) is 14.3. The number of benzene rings is 1. The van der Waals surface area contributed by atoms with Gasteiger partial charge in [-0.1, -0.05) is 0 Å². The summed E-state index contributed by atoms with van der Waals surface area (Å²) >= 11 is 0. The lowest BCUT2D eigenvalue weighted by molar-refractivity contribution is -0.116. The van der Waals surface area contributed by atoms with E-state index in [1.165, 1.54) is 0 Å². The van der Waals surface area contributed by atoms with Crippen LogP contribution in [0.4, 0.5) is 11.4 Å². The minimum atomic E-state index is -0.307. The van der Waals surface area contributed by atoms with Gasteiger partial charge in [0.25, 0.3) is 5.91 Å². The fourth-order valence-electron chi connectivity index (χ4n) is 3.14. The monoisotopic (exact) mass is 350 g/mol. The Kier molecular flexibility index (Phi) is 4.04. The number of hydrogen-bond acceptors (Lipinski definition) is 4. The summed E-state index contributed by atoms with van der Waals surface area (Å²) < 4.78 is 7.33. The van der Waals surface area contributed by atoms with Crippen LogP contribution in [-0.2, 0) is 17.8 Å². The Balaban J connectivity index is 1.45. The van der Waals surface area contributed by atoms with Crippen molar-refractivity contribution in [2.75, 3.05) is 16.8 Å². The summed E-state index contributed by atoms with van der Waals surface area (Å²) in [5.41, 5.74) is 2.65. The average molecular weight is 350 g/mol. The van der Waals surface area contributed by atoms with E-state index in [9.17, 15) is 9.59 Å². The first-order valence-corrected chi connectivity index (χ1v) is 8.39. The highest BCUT2D eigenvalue weighted by molar-refractivity contribution is 6.02. The lowest BCUT2D eigenvalue weighted by Crippen LogP contribution is -2.25. The predicted octanol–water partition coefficient (Wildman–Crippen LogP) is 2.69. The molecule has 0 saturated carbocycles. The molecule has 0 bridgehead atoms. The Morgan fingerprint density at radius 2 is 2.15 bits per heavy atom. The Hall–Kier alpha value is -3.35. The van der Waals surface area contributed by atoms with Crippen molar-refractivity contribution in [3.05, 3.63) is 65.9 Å². The molecule has 1 aromatic carbocycles. The quantitative estimate of drug-likeness (QED) is 0.784. The van der Waals surface area contributed by atoms with Gasteiger partial charge >= 0.3 is 0 Å². The topological polar surface area (TPSA) is 80.4 Å². The Bertz CT molecular complexity index is 959. The smallest absolute Gasteiger partial charge is 0.291 e. The number of aromatic nitrogens is 2. The summed E-state index contributed by atoms with van der Waals surface area (Å²) in [7, 11) is 0. The number of amides is 2. The van der Waals surface area contributed by atoms with Crippen molar-refractivity contribution in [3.8, 4) is 0 Å². The summed E-state index contributed by atoms with van der Waals surface area (Å²) in [5.74, 6) is 0.627. The van der Waals surface area contributed by atoms with Gasteiger partial charge in [-0.05, 0) is 48.4 Å². The van der Waals surface area contributed by atoms with Crippen LogP contribution in [0.1, 0.15) is 28.8 Å². The summed E-state index contributed by atoms with van der Waals surface area (Å²) in [5, 5.41) is 6.96. The highest BCUT2D eigenvalue weighted by atomic mass is 16.4. The van der Waals surface area contributed by atoms with E-state index in [0.29, 0.717) is 24.5 Å². The van der Waals surface area contributed by atoms with Crippen molar-refractivity contribution in [3.63, 3.8) is 0 Å². The van der Waals surface area contributed by atoms with Gasteiger partial charge in [-0.3, -0.25) is 14.3 Å². The second kappa shape index (κ2) is 6.51. The van der Waals surface area contributed by atoms with E-state index < -0.39 is 0 Å². The molecule has 26 heavy (non-hydrogen) atoms. The first kappa shape index (κ1) is 16.1. The fourth-order valence-corrected chi connectivity index (χ4v) is 3.14. The molecule has 7 heteroatoms. The minimum absolute atomic E-state index is 0.0285. The maximum absolute atomic E-state index is 12.4. The molecule has 132 valence electrons. The largest absolute Gasteiger partial charge is 0.454 e. The van der Waals surface area contributed by atoms with Crippen LogP contribution in [0.15, 0.2) is 53.2 Å². The van der Waals surface area contributed by atoms with Gasteiger partial charge in [0.05, 0.1) is 6.54 Å². The molecule has 7 nitrogen and oxygen atoms in total. The highest BCUT2D eigenvalue weighted by Gasteiger charge is 2.22. The van der Waals surface area contributed by atoms with Gasteiger partial charge in [-0.15, -0.1) is 0 Å². The molecule has 0 spiro atoms. The molecule has 1 aliphatic heterocycles. The first-order chi connectivity index (χ1) is 12.6. The van der Waals surface area contributed by atoms with Gasteiger partial charge in [-0.2, -0.15) is 5.10 Å². The van der Waals surface area contributed by atoms with Crippen LogP contribution >= 0.6 is 0 Å². The van der Waals surface area contributed by atoms with Crippen LogP contribution in [0, 0.1) is 0 Å². The van der Waals surface area contributed by atoms with Gasteiger partial charge in [0.15, 0.2) is 5.76 Å². The third-order valence-corrected chi connectivity index (χ3v) is 4.38. The molecule has 3 heterocycles. The van der Waals surface area contributed by atoms with E-state index in [2.05, 4.69) is 10.4 Å². The third-order valence-electron chi connectivity index (χ3n) is 4.38. The predicted molar refractivity (Wildman–Crippen MR) is 96.2 cm³/mol. The summed E-state index contributed by atoms with van der Waals surface area (Å²) in [6, 6.07) is 10.8. The molecule has 1 aliphatic rings. The number of rotatable bonds is 4. The standard InChI is InChI=1S/C19H18N4O3/c1-13(24)23-10-7-14-11-15(3-5-17(14)23)21-19(25)18-6-4-16(26-18)12-22-9-2-8-20-22/h2-6,8-9,11H,7,10,12H2,1H3,(H,21,25). The van der Waals surface area contributed by atoms with E-state index in [1.54, 1.807) is 40.9 Å². The lowest BCUT2D eigenvalue weighted by atomic mass is 10.1. The van der Waals surface area contributed by atoms with Crippen molar-refractivity contribution in [2.45, 2.75) is 19.9 Å². The Labute approximate surface area is 150 Å². The number of carbonyl (C=O) groups excluding carboxylic acids is 2. The van der Waals surface area contributed by atoms with Crippen molar-refractivity contribution in [1.82, 2.24) is 9.78 Å². The van der Waals surface area contributed by atoms with Crippen molar-refractivity contribution in [1.29, 1.82) is 0 Å². The highest BCUT2D eigenvalue weighted by Crippen LogP contribution is 2.30. The molecule has 0 saturated heterocycles. The van der Waals surface area contributed by atoms with Crippen LogP contribution in [0.3, 0.4) is 0 Å². The molecule has 4 rings (SSSR count). The zero-order chi connectivity index (χ0) is 18.1. The summed E-state index contributed by atoms with van der Waals surface area (Å²) in [4.78, 5) is 25.8. The van der Waals surface area contributed by atoms with Crippen LogP contribution in [-0.4, -0.2) is 28.1 Å². The molecule has 0 aliphatic carbocycles. The Morgan fingerprint density at radius 1 is 1.27 bits per heavy atom. The van der Waals surface area contributed by atoms with Gasteiger partial charge in [0, 0.05) is 37.2 Å². The number of fused-ring (bicyclic) bond motifs is 1. The molecule has 0 fully saturated rings. The maximum atomic E-state index is 12.4. The van der Waals surface area contributed by atoms with Crippen molar-refractivity contribution < 1.29 is 14.0 Å². The molecule has 2 aromatic heterocycles. The van der Waals surface area contributed by atoms with Crippen LogP contribution in [0.2, 0.25) is 0 Å². The van der Waals surface area contributed by atoms with Gasteiger partial charge < -0.3 is 14.6 Å². The van der Waals surface area contributed by atoms with Crippen LogP contribution in [0.5, 0.6) is 0 Å². The number of carbonyl (C=O) groups is 2. The van der Waals surface area contributed by atoms with E-state index in [1.807, 2.05) is 24.4 Å². The van der Waals surface area contributed by atoms with Crippen molar-refractivity contribution in [2.24, 2.45) is 0 Å². The van der Waals surface area contributed by atoms with E-state index in [4.69, 9.17) is 4.42 Å². The molecular weight excluding hydrogens is 332 g/mol. The van der Waals surface area contributed by atoms with E-state index in [0.717, 1.165) is 17.7 Å². The minimum Gasteiger partial charge on any atom is -0.454 e. The lowest BCUT2D eigenvalue weighted by Gasteiger charge is -2.14. The number of furan rings is 1. The van der Waals surface area contributed by atoms with Crippen LogP contribution < -0.4 is 10.2 Å². The van der Waals surface area contributed by atoms with E-state index >= 15 is 0 Å². The summed E-state index contributed by atoms with van der Waals surface area (Å²) in [6.45, 7) is 2.71. The third kappa shape index (κ3) is 3.11. The average Bonchev–Trinajstić information content (AvgIpc) is 3.35. The van der Waals surface area contributed by atoms with E-state index in [-0.39, 0.29) is 17.6 Å². The maximum Gasteiger partial charge on any atom is 0.291 e. The van der Waals surface area contributed by atoms with Crippen molar-refractivity contribution >= 4 is 23.2 Å². The van der Waals surface area contributed by atoms with Gasteiger partial charge in [0.2, 0.25) is 5.91 Å². The molecule has 3 aromatic rings. The number of hydrogen-bond donors (Lipinski definition) is 1. The number of anilines is 2. The molecule has 0 radical (unpaired) electrons. The first-order valence-electron chi connectivity index (χ1n) is 8.39. The normalized spacial score (nSPS) is 12.9. The zero-order valence-electron chi connectivity index (χ0n) is 14.3. The second-order valence-electron chi connectivity index (χ2n) is 6.19. The van der Waals surface area contributed by atoms with Gasteiger partial charge in [0.1, 0.15) is 5.76 Å². The fraction of sp³-hybridized carbons (Fsp3) is 0.211. The Morgan fingerprint density at radius 3 is 2.92 bits per heavy atom. The molecular formula is C19H18N4O3. The summed E-state index contributed by atoms with van der Waals surface area (Å²) in [6.07, 6.45) is 4.31. The molecule has 1 N–H and O–H groups in total. The van der Waals surface area contributed by atoms with Crippen LogP contribution in [0.25, 0.3) is 0 Å². The van der Waals surface area contributed by atoms with Gasteiger partial charge in [-0.25, -0.2) is 0 Å². The number of nitrogens with one attached hydrogen (secondary N) is 1. The molecule has 2 amide bonds. The second-order valence-corrected chi connectivity index (χ2v) is 6.19.